The Morgan fingerprint density at radius 1 is 1.33 bits per heavy atom. The van der Waals surface area contributed by atoms with Gasteiger partial charge in [0.05, 0.1) is 4.92 Å². The van der Waals surface area contributed by atoms with Crippen molar-refractivity contribution >= 4 is 29.1 Å². The van der Waals surface area contributed by atoms with E-state index in [1.165, 1.54) is 30.6 Å². The van der Waals surface area contributed by atoms with Gasteiger partial charge in [0, 0.05) is 29.7 Å². The maximum atomic E-state index is 11.8. The van der Waals surface area contributed by atoms with E-state index in [2.05, 4.69) is 15.3 Å². The minimum absolute atomic E-state index is 0.114. The van der Waals surface area contributed by atoms with Gasteiger partial charge in [-0.1, -0.05) is 6.07 Å². The minimum atomic E-state index is -0.898. The number of aromatic nitrogens is 2. The number of nitrogens with zero attached hydrogens (tertiary/aromatic N) is 3. The van der Waals surface area contributed by atoms with Crippen molar-refractivity contribution < 1.29 is 19.2 Å². The average molecular weight is 331 g/mol. The molecule has 0 atom stereocenters. The van der Waals surface area contributed by atoms with Crippen LogP contribution in [0, 0.1) is 17.0 Å². The molecule has 0 aliphatic rings. The Morgan fingerprint density at radius 3 is 2.71 bits per heavy atom. The zero-order valence-electron chi connectivity index (χ0n) is 12.6. The molecular formula is C14H13N5O5. The molecule has 1 amide bonds. The molecule has 0 saturated carbocycles. The number of hydrogen-bond acceptors (Lipinski definition) is 8. The van der Waals surface area contributed by atoms with Gasteiger partial charge in [-0.3, -0.25) is 14.9 Å². The van der Waals surface area contributed by atoms with E-state index in [-0.39, 0.29) is 22.9 Å². The van der Waals surface area contributed by atoms with Crippen molar-refractivity contribution in [2.75, 3.05) is 17.7 Å². The second-order valence-electron chi connectivity index (χ2n) is 4.67. The average Bonchev–Trinajstić information content (AvgIpc) is 2.54. The van der Waals surface area contributed by atoms with Crippen LogP contribution in [0.2, 0.25) is 0 Å². The number of carbonyl (C=O) groups is 2. The van der Waals surface area contributed by atoms with Crippen LogP contribution in [0.1, 0.15) is 16.1 Å². The Balaban J connectivity index is 1.97. The molecule has 0 bridgehead atoms. The zero-order valence-corrected chi connectivity index (χ0v) is 12.6. The lowest BCUT2D eigenvalue weighted by Gasteiger charge is -2.07. The van der Waals surface area contributed by atoms with Crippen molar-refractivity contribution in [3.05, 3.63) is 52.0 Å². The predicted octanol–water partition coefficient (Wildman–Crippen LogP) is 1.07. The third kappa shape index (κ3) is 4.00. The Hall–Kier alpha value is -3.56. The van der Waals surface area contributed by atoms with Crippen LogP contribution in [0.25, 0.3) is 0 Å². The van der Waals surface area contributed by atoms with Crippen molar-refractivity contribution in [3.8, 4) is 0 Å². The number of nitro benzene ring substituents is 1. The number of amides is 1. The molecule has 0 radical (unpaired) electrons. The van der Waals surface area contributed by atoms with E-state index in [0.717, 1.165) is 0 Å². The van der Waals surface area contributed by atoms with Gasteiger partial charge in [-0.05, 0) is 13.0 Å². The Kier molecular flexibility index (Phi) is 5.00. The molecule has 10 heteroatoms. The van der Waals surface area contributed by atoms with Gasteiger partial charge in [-0.15, -0.1) is 0 Å². The third-order valence-electron chi connectivity index (χ3n) is 2.94. The van der Waals surface area contributed by atoms with Gasteiger partial charge in [-0.2, -0.15) is 0 Å². The van der Waals surface area contributed by atoms with Crippen molar-refractivity contribution in [1.29, 1.82) is 0 Å². The molecule has 0 aliphatic carbocycles. The van der Waals surface area contributed by atoms with Crippen LogP contribution < -0.4 is 11.1 Å². The first-order chi connectivity index (χ1) is 11.4. The summed E-state index contributed by atoms with van der Waals surface area (Å²) in [5, 5.41) is 13.3. The smallest absolute Gasteiger partial charge is 0.361 e. The molecule has 1 aromatic heterocycles. The van der Waals surface area contributed by atoms with E-state index in [4.69, 9.17) is 10.5 Å². The fraction of sp³-hybridized carbons (Fsp3) is 0.143. The summed E-state index contributed by atoms with van der Waals surface area (Å²) in [5.74, 6) is -1.67. The van der Waals surface area contributed by atoms with Crippen LogP contribution in [0.3, 0.4) is 0 Å². The molecule has 10 nitrogen and oxygen atoms in total. The van der Waals surface area contributed by atoms with Crippen LogP contribution in [-0.4, -0.2) is 33.4 Å². The first-order valence-corrected chi connectivity index (χ1v) is 6.67. The van der Waals surface area contributed by atoms with Crippen LogP contribution in [0.4, 0.5) is 17.2 Å². The molecule has 0 unspecified atom stereocenters. The molecule has 124 valence electrons. The topological polar surface area (TPSA) is 150 Å². The zero-order chi connectivity index (χ0) is 17.7. The van der Waals surface area contributed by atoms with Crippen molar-refractivity contribution in [1.82, 2.24) is 9.97 Å². The number of nitro groups is 1. The second kappa shape index (κ2) is 7.13. The fourth-order valence-corrected chi connectivity index (χ4v) is 1.79. The number of nitrogens with one attached hydrogen (secondary N) is 1. The predicted molar refractivity (Wildman–Crippen MR) is 83.2 cm³/mol. The molecule has 0 fully saturated rings. The maximum absolute atomic E-state index is 11.8. The largest absolute Gasteiger partial charge is 0.451 e. The van der Waals surface area contributed by atoms with Crippen LogP contribution in [0.5, 0.6) is 0 Å². The molecule has 3 N–H and O–H groups in total. The van der Waals surface area contributed by atoms with Gasteiger partial charge in [0.25, 0.3) is 11.6 Å². The lowest BCUT2D eigenvalue weighted by atomic mass is 10.2. The summed E-state index contributed by atoms with van der Waals surface area (Å²) < 4.78 is 4.78. The van der Waals surface area contributed by atoms with Crippen molar-refractivity contribution in [2.45, 2.75) is 6.92 Å². The molecule has 1 heterocycles. The molecule has 24 heavy (non-hydrogen) atoms. The number of hydrogen-bond donors (Lipinski definition) is 2. The quantitative estimate of drug-likeness (QED) is 0.469. The van der Waals surface area contributed by atoms with Crippen LogP contribution >= 0.6 is 0 Å². The number of aryl methyl sites for hydroxylation is 1. The number of anilines is 2. The molecule has 0 spiro atoms. The van der Waals surface area contributed by atoms with E-state index >= 15 is 0 Å². The highest BCUT2D eigenvalue weighted by Gasteiger charge is 2.16. The Bertz CT molecular complexity index is 808. The van der Waals surface area contributed by atoms with Crippen LogP contribution in [-0.2, 0) is 9.53 Å². The molecule has 2 aromatic rings. The van der Waals surface area contributed by atoms with E-state index < -0.39 is 23.4 Å². The summed E-state index contributed by atoms with van der Waals surface area (Å²) in [7, 11) is 0. The van der Waals surface area contributed by atoms with E-state index in [0.29, 0.717) is 5.56 Å². The number of carbonyl (C=O) groups excluding carboxylic acids is 2. The molecule has 0 aliphatic heterocycles. The summed E-state index contributed by atoms with van der Waals surface area (Å²) in [6.07, 6.45) is 2.57. The molecule has 1 aromatic carbocycles. The summed E-state index contributed by atoms with van der Waals surface area (Å²) in [4.78, 5) is 41.2. The minimum Gasteiger partial charge on any atom is -0.451 e. The highest BCUT2D eigenvalue weighted by molar-refractivity contribution is 5.96. The van der Waals surface area contributed by atoms with Gasteiger partial charge in [0.15, 0.2) is 18.1 Å². The fourth-order valence-electron chi connectivity index (χ4n) is 1.79. The maximum Gasteiger partial charge on any atom is 0.361 e. The number of esters is 1. The molecule has 2 rings (SSSR count). The second-order valence-corrected chi connectivity index (χ2v) is 4.67. The first-order valence-electron chi connectivity index (χ1n) is 6.67. The summed E-state index contributed by atoms with van der Waals surface area (Å²) in [5.41, 5.74) is 5.82. The highest BCUT2D eigenvalue weighted by Crippen LogP contribution is 2.22. The number of benzene rings is 1. The van der Waals surface area contributed by atoms with E-state index in [1.54, 1.807) is 6.92 Å². The third-order valence-corrected chi connectivity index (χ3v) is 2.94. The lowest BCUT2D eigenvalue weighted by Crippen LogP contribution is -2.22. The first kappa shape index (κ1) is 16.8. The van der Waals surface area contributed by atoms with E-state index in [9.17, 15) is 19.7 Å². The van der Waals surface area contributed by atoms with Gasteiger partial charge in [-0.25, -0.2) is 14.8 Å². The van der Waals surface area contributed by atoms with Gasteiger partial charge in [0.1, 0.15) is 0 Å². The number of rotatable bonds is 5. The number of ether oxygens (including phenoxy) is 1. The summed E-state index contributed by atoms with van der Waals surface area (Å²) in [6.45, 7) is 0.979. The van der Waals surface area contributed by atoms with Gasteiger partial charge < -0.3 is 15.8 Å². The van der Waals surface area contributed by atoms with Gasteiger partial charge in [0.2, 0.25) is 0 Å². The van der Waals surface area contributed by atoms with E-state index in [1.807, 2.05) is 0 Å². The summed E-state index contributed by atoms with van der Waals surface area (Å²) in [6, 6.07) is 4.22. The SMILES string of the molecule is Cc1ccc(NC(=O)COC(=O)c2nccnc2N)cc1[N+](=O)[O-]. The lowest BCUT2D eigenvalue weighted by molar-refractivity contribution is -0.385. The molecule has 0 saturated heterocycles. The normalized spacial score (nSPS) is 10.0. The highest BCUT2D eigenvalue weighted by atomic mass is 16.6. The Morgan fingerprint density at radius 2 is 2.04 bits per heavy atom. The molecular weight excluding hydrogens is 318 g/mol. The summed E-state index contributed by atoms with van der Waals surface area (Å²) >= 11 is 0. The number of nitrogen functional groups attached to an aromatic ring is 1. The number of nitrogens with two attached hydrogens (primary N) is 1. The van der Waals surface area contributed by atoms with Crippen molar-refractivity contribution in [2.24, 2.45) is 0 Å². The Labute approximate surface area is 135 Å². The monoisotopic (exact) mass is 331 g/mol. The standard InChI is InChI=1S/C14H13N5O5/c1-8-2-3-9(6-10(8)19(22)23)18-11(20)7-24-14(21)12-13(15)17-5-4-16-12/h2-6H,7H2,1H3,(H2,15,17)(H,18,20). The van der Waals surface area contributed by atoms with Crippen LogP contribution in [0.15, 0.2) is 30.6 Å². The van der Waals surface area contributed by atoms with Crippen molar-refractivity contribution in [3.63, 3.8) is 0 Å². The van der Waals surface area contributed by atoms with Gasteiger partial charge >= 0.3 is 5.97 Å².